The third-order valence-electron chi connectivity index (χ3n) is 1.84. The number of aromatic amines is 1. The number of hydrogen-bond donors (Lipinski definition) is 3. The number of anilines is 3. The van der Waals surface area contributed by atoms with Gasteiger partial charge in [-0.1, -0.05) is 11.6 Å². The molecule has 1 heterocycles. The molecule has 1 aromatic heterocycles. The molecule has 0 spiro atoms. The van der Waals surface area contributed by atoms with Gasteiger partial charge in [0.15, 0.2) is 0 Å². The monoisotopic (exact) mass is 241 g/mol. The standard InChI is InChI=1S/C9H9ClFN5/c1-12-8-14-9(16-15-8)13-7-3-5(10)2-6(11)4-7/h2-4H,1H3,(H3,12,13,14,15,16). The summed E-state index contributed by atoms with van der Waals surface area (Å²) in [5, 5.41) is 12.4. The van der Waals surface area contributed by atoms with Crippen molar-refractivity contribution in [1.29, 1.82) is 0 Å². The quantitative estimate of drug-likeness (QED) is 0.772. The van der Waals surface area contributed by atoms with E-state index >= 15 is 0 Å². The fourth-order valence-electron chi connectivity index (χ4n) is 1.18. The minimum Gasteiger partial charge on any atom is -0.358 e. The number of H-pyrrole nitrogens is 1. The highest BCUT2D eigenvalue weighted by molar-refractivity contribution is 6.30. The van der Waals surface area contributed by atoms with Crippen LogP contribution in [-0.4, -0.2) is 22.2 Å². The summed E-state index contributed by atoms with van der Waals surface area (Å²) in [6.45, 7) is 0. The van der Waals surface area contributed by atoms with Gasteiger partial charge in [0.2, 0.25) is 11.9 Å². The van der Waals surface area contributed by atoms with E-state index in [-0.39, 0.29) is 0 Å². The van der Waals surface area contributed by atoms with Crippen LogP contribution in [0.2, 0.25) is 5.02 Å². The number of nitrogens with zero attached hydrogens (tertiary/aromatic N) is 2. The molecule has 0 aliphatic carbocycles. The average molecular weight is 242 g/mol. The second kappa shape index (κ2) is 4.36. The molecular weight excluding hydrogens is 233 g/mol. The summed E-state index contributed by atoms with van der Waals surface area (Å²) in [5.41, 5.74) is 0.492. The number of rotatable bonds is 3. The van der Waals surface area contributed by atoms with E-state index in [2.05, 4.69) is 25.8 Å². The Morgan fingerprint density at radius 3 is 2.81 bits per heavy atom. The van der Waals surface area contributed by atoms with Crippen molar-refractivity contribution in [2.75, 3.05) is 17.7 Å². The van der Waals surface area contributed by atoms with Crippen LogP contribution in [0, 0.1) is 5.82 Å². The van der Waals surface area contributed by atoms with Gasteiger partial charge in [0.05, 0.1) is 0 Å². The van der Waals surface area contributed by atoms with Crippen LogP contribution >= 0.6 is 11.6 Å². The Morgan fingerprint density at radius 2 is 2.19 bits per heavy atom. The molecule has 84 valence electrons. The Hall–Kier alpha value is -1.82. The van der Waals surface area contributed by atoms with E-state index in [1.165, 1.54) is 12.1 Å². The molecule has 0 amide bonds. The van der Waals surface area contributed by atoms with Gasteiger partial charge in [0, 0.05) is 17.8 Å². The van der Waals surface area contributed by atoms with Crippen molar-refractivity contribution < 1.29 is 4.39 Å². The van der Waals surface area contributed by atoms with Crippen molar-refractivity contribution in [3.05, 3.63) is 29.0 Å². The van der Waals surface area contributed by atoms with Gasteiger partial charge in [-0.2, -0.15) is 4.98 Å². The van der Waals surface area contributed by atoms with E-state index in [0.717, 1.165) is 0 Å². The molecule has 0 saturated heterocycles. The molecule has 0 aliphatic rings. The fraction of sp³-hybridized carbons (Fsp3) is 0.111. The van der Waals surface area contributed by atoms with Crippen molar-refractivity contribution in [2.24, 2.45) is 0 Å². The Morgan fingerprint density at radius 1 is 1.38 bits per heavy atom. The predicted octanol–water partition coefficient (Wildman–Crippen LogP) is 2.38. The zero-order valence-corrected chi connectivity index (χ0v) is 9.14. The first-order valence-corrected chi connectivity index (χ1v) is 4.88. The minimum atomic E-state index is -0.417. The molecule has 0 saturated carbocycles. The highest BCUT2D eigenvalue weighted by Gasteiger charge is 2.03. The van der Waals surface area contributed by atoms with Crippen molar-refractivity contribution in [3.63, 3.8) is 0 Å². The molecule has 0 atom stereocenters. The molecule has 0 aliphatic heterocycles. The summed E-state index contributed by atoms with van der Waals surface area (Å²) in [6.07, 6.45) is 0. The topological polar surface area (TPSA) is 65.6 Å². The lowest BCUT2D eigenvalue weighted by Gasteiger charge is -2.02. The first kappa shape index (κ1) is 10.7. The lowest BCUT2D eigenvalue weighted by atomic mass is 10.3. The maximum absolute atomic E-state index is 13.0. The average Bonchev–Trinajstić information content (AvgIpc) is 2.64. The zero-order valence-electron chi connectivity index (χ0n) is 8.38. The lowest BCUT2D eigenvalue weighted by molar-refractivity contribution is 0.628. The lowest BCUT2D eigenvalue weighted by Crippen LogP contribution is -1.94. The van der Waals surface area contributed by atoms with Crippen molar-refractivity contribution in [3.8, 4) is 0 Å². The Kier molecular flexibility index (Phi) is 2.91. The van der Waals surface area contributed by atoms with Gasteiger partial charge in [-0.3, -0.25) is 0 Å². The highest BCUT2D eigenvalue weighted by atomic mass is 35.5. The normalized spacial score (nSPS) is 10.2. The van der Waals surface area contributed by atoms with Crippen LogP contribution in [-0.2, 0) is 0 Å². The van der Waals surface area contributed by atoms with E-state index in [0.29, 0.717) is 22.6 Å². The summed E-state index contributed by atoms with van der Waals surface area (Å²) >= 11 is 5.71. The van der Waals surface area contributed by atoms with E-state index in [1.54, 1.807) is 13.1 Å². The fourth-order valence-corrected chi connectivity index (χ4v) is 1.41. The van der Waals surface area contributed by atoms with Gasteiger partial charge in [-0.05, 0) is 18.2 Å². The van der Waals surface area contributed by atoms with Crippen molar-refractivity contribution in [1.82, 2.24) is 15.2 Å². The van der Waals surface area contributed by atoms with Crippen molar-refractivity contribution >= 4 is 29.2 Å². The molecular formula is C9H9ClFN5. The molecule has 7 heteroatoms. The Balaban J connectivity index is 2.19. The van der Waals surface area contributed by atoms with Crippen LogP contribution in [0.3, 0.4) is 0 Å². The van der Waals surface area contributed by atoms with Gasteiger partial charge >= 0.3 is 0 Å². The molecule has 5 nitrogen and oxygen atoms in total. The van der Waals surface area contributed by atoms with E-state index in [9.17, 15) is 4.39 Å². The smallest absolute Gasteiger partial charge is 0.248 e. The van der Waals surface area contributed by atoms with Crippen LogP contribution in [0.1, 0.15) is 0 Å². The molecule has 3 N–H and O–H groups in total. The van der Waals surface area contributed by atoms with Gasteiger partial charge in [0.1, 0.15) is 5.82 Å². The Bertz CT molecular complexity index is 478. The molecule has 0 radical (unpaired) electrons. The van der Waals surface area contributed by atoms with Gasteiger partial charge < -0.3 is 10.6 Å². The molecule has 1 aromatic carbocycles. The molecule has 0 fully saturated rings. The third-order valence-corrected chi connectivity index (χ3v) is 2.06. The molecule has 0 unspecified atom stereocenters. The zero-order chi connectivity index (χ0) is 11.5. The molecule has 0 bridgehead atoms. The highest BCUT2D eigenvalue weighted by Crippen LogP contribution is 2.20. The Labute approximate surface area is 96.0 Å². The summed E-state index contributed by atoms with van der Waals surface area (Å²) in [6, 6.07) is 4.12. The second-order valence-electron chi connectivity index (χ2n) is 3.04. The van der Waals surface area contributed by atoms with Crippen LogP contribution in [0.4, 0.5) is 22.0 Å². The van der Waals surface area contributed by atoms with E-state index in [4.69, 9.17) is 11.6 Å². The first-order valence-electron chi connectivity index (χ1n) is 4.50. The van der Waals surface area contributed by atoms with Crippen LogP contribution in [0.15, 0.2) is 18.2 Å². The number of nitrogens with one attached hydrogen (secondary N) is 3. The van der Waals surface area contributed by atoms with Crippen LogP contribution in [0.25, 0.3) is 0 Å². The number of benzene rings is 1. The SMILES string of the molecule is CNc1nc(Nc2cc(F)cc(Cl)c2)n[nH]1. The molecule has 2 aromatic rings. The molecule has 2 rings (SSSR count). The number of hydrogen-bond acceptors (Lipinski definition) is 4. The second-order valence-corrected chi connectivity index (χ2v) is 3.48. The largest absolute Gasteiger partial charge is 0.358 e. The summed E-state index contributed by atoms with van der Waals surface area (Å²) < 4.78 is 13.0. The minimum absolute atomic E-state index is 0.312. The van der Waals surface area contributed by atoms with Gasteiger partial charge in [-0.15, -0.1) is 5.10 Å². The van der Waals surface area contributed by atoms with Crippen LogP contribution in [0.5, 0.6) is 0 Å². The summed E-state index contributed by atoms with van der Waals surface area (Å²) in [7, 11) is 1.71. The summed E-state index contributed by atoms with van der Waals surface area (Å²) in [5.74, 6) is 0.440. The van der Waals surface area contributed by atoms with E-state index < -0.39 is 5.82 Å². The third kappa shape index (κ3) is 2.40. The van der Waals surface area contributed by atoms with E-state index in [1.807, 2.05) is 0 Å². The predicted molar refractivity (Wildman–Crippen MR) is 60.6 cm³/mol. The first-order chi connectivity index (χ1) is 7.67. The maximum atomic E-state index is 13.0. The number of aromatic nitrogens is 3. The van der Waals surface area contributed by atoms with Crippen LogP contribution < -0.4 is 10.6 Å². The summed E-state index contributed by atoms with van der Waals surface area (Å²) in [4.78, 5) is 4.03. The van der Waals surface area contributed by atoms with Gasteiger partial charge in [0.25, 0.3) is 0 Å². The number of halogens is 2. The molecule has 16 heavy (non-hydrogen) atoms. The van der Waals surface area contributed by atoms with Gasteiger partial charge in [-0.25, -0.2) is 9.49 Å². The van der Waals surface area contributed by atoms with Crippen molar-refractivity contribution in [2.45, 2.75) is 0 Å². The maximum Gasteiger partial charge on any atom is 0.248 e.